The number of hydrogen-bond donors (Lipinski definition) is 1. The van der Waals surface area contributed by atoms with Gasteiger partial charge in [0.05, 0.1) is 18.2 Å². The van der Waals surface area contributed by atoms with Crippen molar-refractivity contribution in [3.63, 3.8) is 0 Å². The summed E-state index contributed by atoms with van der Waals surface area (Å²) in [5.74, 6) is -0.861. The summed E-state index contributed by atoms with van der Waals surface area (Å²) < 4.78 is 0. The van der Waals surface area contributed by atoms with Crippen LogP contribution in [0.15, 0.2) is 24.3 Å². The lowest BCUT2D eigenvalue weighted by molar-refractivity contribution is -0.118. The van der Waals surface area contributed by atoms with Crippen LogP contribution in [0.4, 0.5) is 0 Å². The molecule has 5 nitrogen and oxygen atoms in total. The van der Waals surface area contributed by atoms with E-state index in [1.807, 2.05) is 6.07 Å². The molecule has 1 aromatic rings. The molecule has 0 radical (unpaired) electrons. The molecule has 0 aromatic heterocycles. The Morgan fingerprint density at radius 3 is 2.71 bits per heavy atom. The second kappa shape index (κ2) is 5.66. The van der Waals surface area contributed by atoms with E-state index < -0.39 is 5.91 Å². The highest BCUT2D eigenvalue weighted by atomic mass is 16.2. The standard InChI is InChI=1S/C12H13N3O2/c1-2-15(8-11(14)16)12(17)10-5-3-4-9(6-10)7-13/h3-6H,2,8H2,1H3,(H2,14,16). The average Bonchev–Trinajstić information content (AvgIpc) is 2.35. The Kier molecular flexibility index (Phi) is 4.23. The molecule has 5 heteroatoms. The van der Waals surface area contributed by atoms with Gasteiger partial charge >= 0.3 is 0 Å². The average molecular weight is 231 g/mol. The van der Waals surface area contributed by atoms with Crippen molar-refractivity contribution in [2.45, 2.75) is 6.92 Å². The molecule has 2 amide bonds. The van der Waals surface area contributed by atoms with E-state index >= 15 is 0 Å². The molecule has 0 saturated carbocycles. The molecule has 0 fully saturated rings. The summed E-state index contributed by atoms with van der Waals surface area (Å²) in [7, 11) is 0. The molecule has 1 rings (SSSR count). The first kappa shape index (κ1) is 12.7. The maximum atomic E-state index is 12.0. The van der Waals surface area contributed by atoms with Crippen molar-refractivity contribution < 1.29 is 9.59 Å². The summed E-state index contributed by atoms with van der Waals surface area (Å²) in [6, 6.07) is 8.29. The van der Waals surface area contributed by atoms with Gasteiger partial charge in [-0.25, -0.2) is 0 Å². The Morgan fingerprint density at radius 2 is 2.18 bits per heavy atom. The number of nitrogens with zero attached hydrogens (tertiary/aromatic N) is 2. The number of carbonyl (C=O) groups is 2. The number of primary amides is 1. The lowest BCUT2D eigenvalue weighted by Crippen LogP contribution is -2.38. The third kappa shape index (κ3) is 3.31. The van der Waals surface area contributed by atoms with Crippen LogP contribution in [0.3, 0.4) is 0 Å². The number of amides is 2. The number of rotatable bonds is 4. The maximum absolute atomic E-state index is 12.0. The van der Waals surface area contributed by atoms with E-state index in [1.165, 1.54) is 11.0 Å². The molecule has 0 atom stereocenters. The van der Waals surface area contributed by atoms with Gasteiger partial charge in [-0.2, -0.15) is 5.26 Å². The molecule has 0 aliphatic rings. The zero-order valence-electron chi connectivity index (χ0n) is 9.51. The van der Waals surface area contributed by atoms with Gasteiger partial charge in [0.15, 0.2) is 0 Å². The Balaban J connectivity index is 2.94. The van der Waals surface area contributed by atoms with Gasteiger partial charge in [-0.1, -0.05) is 6.07 Å². The van der Waals surface area contributed by atoms with Crippen molar-refractivity contribution in [3.8, 4) is 6.07 Å². The second-order valence-corrected chi connectivity index (χ2v) is 3.48. The Hall–Kier alpha value is -2.35. The summed E-state index contributed by atoms with van der Waals surface area (Å²) in [4.78, 5) is 24.1. The molecule has 88 valence electrons. The maximum Gasteiger partial charge on any atom is 0.254 e. The van der Waals surface area contributed by atoms with E-state index in [4.69, 9.17) is 11.0 Å². The minimum atomic E-state index is -0.559. The highest BCUT2D eigenvalue weighted by Gasteiger charge is 2.16. The number of nitriles is 1. The van der Waals surface area contributed by atoms with Crippen molar-refractivity contribution in [1.82, 2.24) is 4.90 Å². The van der Waals surface area contributed by atoms with Crippen LogP contribution in [0.2, 0.25) is 0 Å². The van der Waals surface area contributed by atoms with Gasteiger partial charge in [-0.15, -0.1) is 0 Å². The fourth-order valence-electron chi connectivity index (χ4n) is 1.42. The topological polar surface area (TPSA) is 87.2 Å². The molecule has 2 N–H and O–H groups in total. The first-order valence-electron chi connectivity index (χ1n) is 5.16. The first-order chi connectivity index (χ1) is 8.08. The van der Waals surface area contributed by atoms with Crippen LogP contribution in [0, 0.1) is 11.3 Å². The SMILES string of the molecule is CCN(CC(N)=O)C(=O)c1cccc(C#N)c1. The van der Waals surface area contributed by atoms with Gasteiger partial charge in [-0.05, 0) is 25.1 Å². The highest BCUT2D eigenvalue weighted by Crippen LogP contribution is 2.07. The van der Waals surface area contributed by atoms with Crippen molar-refractivity contribution >= 4 is 11.8 Å². The molecule has 0 saturated heterocycles. The summed E-state index contributed by atoms with van der Waals surface area (Å²) in [6.07, 6.45) is 0. The van der Waals surface area contributed by atoms with Crippen LogP contribution in [0.25, 0.3) is 0 Å². The lowest BCUT2D eigenvalue weighted by atomic mass is 10.1. The normalized spacial score (nSPS) is 9.41. The van der Waals surface area contributed by atoms with Gasteiger partial charge in [0.2, 0.25) is 5.91 Å². The molecule has 0 unspecified atom stereocenters. The fraction of sp³-hybridized carbons (Fsp3) is 0.250. The molecule has 0 bridgehead atoms. The number of carbonyl (C=O) groups excluding carboxylic acids is 2. The summed E-state index contributed by atoms with van der Waals surface area (Å²) in [6.45, 7) is 2.03. The van der Waals surface area contributed by atoms with Crippen LogP contribution in [0.5, 0.6) is 0 Å². The van der Waals surface area contributed by atoms with Crippen LogP contribution in [0.1, 0.15) is 22.8 Å². The smallest absolute Gasteiger partial charge is 0.254 e. The quantitative estimate of drug-likeness (QED) is 0.818. The monoisotopic (exact) mass is 231 g/mol. The number of nitrogens with two attached hydrogens (primary N) is 1. The highest BCUT2D eigenvalue weighted by molar-refractivity contribution is 5.96. The Morgan fingerprint density at radius 1 is 1.47 bits per heavy atom. The predicted molar refractivity (Wildman–Crippen MR) is 61.9 cm³/mol. The molecule has 0 heterocycles. The van der Waals surface area contributed by atoms with Crippen LogP contribution in [-0.2, 0) is 4.79 Å². The molecular weight excluding hydrogens is 218 g/mol. The lowest BCUT2D eigenvalue weighted by Gasteiger charge is -2.18. The second-order valence-electron chi connectivity index (χ2n) is 3.48. The Labute approximate surface area is 99.4 Å². The summed E-state index contributed by atoms with van der Waals surface area (Å²) in [5, 5.41) is 8.74. The molecule has 0 spiro atoms. The molecular formula is C12H13N3O2. The third-order valence-corrected chi connectivity index (χ3v) is 2.25. The van der Waals surface area contributed by atoms with Crippen molar-refractivity contribution in [3.05, 3.63) is 35.4 Å². The zero-order chi connectivity index (χ0) is 12.8. The molecule has 0 aliphatic heterocycles. The molecule has 17 heavy (non-hydrogen) atoms. The number of benzene rings is 1. The minimum absolute atomic E-state index is 0.119. The van der Waals surface area contributed by atoms with E-state index in [0.717, 1.165) is 0 Å². The van der Waals surface area contributed by atoms with Crippen molar-refractivity contribution in [2.75, 3.05) is 13.1 Å². The number of likely N-dealkylation sites (N-methyl/N-ethyl adjacent to an activating group) is 1. The van der Waals surface area contributed by atoms with E-state index in [9.17, 15) is 9.59 Å². The van der Waals surface area contributed by atoms with Crippen LogP contribution >= 0.6 is 0 Å². The largest absolute Gasteiger partial charge is 0.368 e. The van der Waals surface area contributed by atoms with Gasteiger partial charge < -0.3 is 10.6 Å². The summed E-state index contributed by atoms with van der Waals surface area (Å²) in [5.41, 5.74) is 5.85. The Bertz CT molecular complexity index is 477. The third-order valence-electron chi connectivity index (χ3n) is 2.25. The molecule has 0 aliphatic carbocycles. The van der Waals surface area contributed by atoms with E-state index in [-0.39, 0.29) is 12.5 Å². The van der Waals surface area contributed by atoms with Gasteiger partial charge in [0, 0.05) is 12.1 Å². The van der Waals surface area contributed by atoms with Gasteiger partial charge in [0.25, 0.3) is 5.91 Å². The predicted octanol–water partition coefficient (Wildman–Crippen LogP) is 0.506. The van der Waals surface area contributed by atoms with E-state index in [0.29, 0.717) is 17.7 Å². The van der Waals surface area contributed by atoms with Crippen molar-refractivity contribution in [2.24, 2.45) is 5.73 Å². The number of hydrogen-bond acceptors (Lipinski definition) is 3. The zero-order valence-corrected chi connectivity index (χ0v) is 9.51. The first-order valence-corrected chi connectivity index (χ1v) is 5.16. The van der Waals surface area contributed by atoms with E-state index in [2.05, 4.69) is 0 Å². The van der Waals surface area contributed by atoms with E-state index in [1.54, 1.807) is 25.1 Å². The van der Waals surface area contributed by atoms with Gasteiger partial charge in [-0.3, -0.25) is 9.59 Å². The fourth-order valence-corrected chi connectivity index (χ4v) is 1.42. The van der Waals surface area contributed by atoms with Gasteiger partial charge in [0.1, 0.15) is 0 Å². The summed E-state index contributed by atoms with van der Waals surface area (Å²) >= 11 is 0. The minimum Gasteiger partial charge on any atom is -0.368 e. The van der Waals surface area contributed by atoms with Crippen molar-refractivity contribution in [1.29, 1.82) is 5.26 Å². The van der Waals surface area contributed by atoms with Crippen LogP contribution in [-0.4, -0.2) is 29.8 Å². The molecule has 1 aromatic carbocycles. The van der Waals surface area contributed by atoms with Crippen LogP contribution < -0.4 is 5.73 Å².